The van der Waals surface area contributed by atoms with Gasteiger partial charge in [-0.25, -0.2) is 4.79 Å². The predicted octanol–water partition coefficient (Wildman–Crippen LogP) is 2.18. The number of ether oxygens (including phenoxy) is 1. The van der Waals surface area contributed by atoms with Crippen LogP contribution in [0.4, 0.5) is 4.79 Å². The monoisotopic (exact) mass is 300 g/mol. The Morgan fingerprint density at radius 3 is 2.52 bits per heavy atom. The first-order valence-corrected chi connectivity index (χ1v) is 7.66. The smallest absolute Gasteiger partial charge is 0.410 e. The topological polar surface area (TPSA) is 70.1 Å². The molecule has 1 N–H and O–H groups in total. The SMILES string of the molecule is CCN(CC(=O)O)CC1CCCCN1C(=O)OC(C)(C)C. The number of likely N-dealkylation sites (N-methyl/N-ethyl adjacent to an activating group) is 1. The number of carbonyl (C=O) groups excluding carboxylic acids is 1. The molecule has 6 heteroatoms. The fraction of sp³-hybridized carbons (Fsp3) is 0.867. The molecule has 1 atom stereocenters. The maximum absolute atomic E-state index is 12.3. The van der Waals surface area contributed by atoms with Crippen LogP contribution in [0.2, 0.25) is 0 Å². The number of hydrogen-bond acceptors (Lipinski definition) is 4. The van der Waals surface area contributed by atoms with Gasteiger partial charge in [-0.1, -0.05) is 6.92 Å². The second-order valence-corrected chi connectivity index (χ2v) is 6.54. The van der Waals surface area contributed by atoms with Crippen LogP contribution >= 0.6 is 0 Å². The first-order chi connectivity index (χ1) is 9.73. The first-order valence-electron chi connectivity index (χ1n) is 7.66. The van der Waals surface area contributed by atoms with E-state index in [1.807, 2.05) is 32.6 Å². The summed E-state index contributed by atoms with van der Waals surface area (Å²) in [6.07, 6.45) is 2.64. The van der Waals surface area contributed by atoms with Gasteiger partial charge in [0.05, 0.1) is 6.54 Å². The van der Waals surface area contributed by atoms with Crippen LogP contribution in [0.15, 0.2) is 0 Å². The highest BCUT2D eigenvalue weighted by molar-refractivity contribution is 5.69. The molecular weight excluding hydrogens is 272 g/mol. The second-order valence-electron chi connectivity index (χ2n) is 6.54. The Morgan fingerprint density at radius 2 is 2.00 bits per heavy atom. The Balaban J connectivity index is 2.68. The van der Waals surface area contributed by atoms with E-state index in [4.69, 9.17) is 9.84 Å². The van der Waals surface area contributed by atoms with E-state index in [0.717, 1.165) is 19.3 Å². The molecule has 1 amide bonds. The van der Waals surface area contributed by atoms with Crippen molar-refractivity contribution in [3.05, 3.63) is 0 Å². The first kappa shape index (κ1) is 17.8. The van der Waals surface area contributed by atoms with Crippen molar-refractivity contribution in [1.82, 2.24) is 9.80 Å². The Kier molecular flexibility index (Phi) is 6.45. The summed E-state index contributed by atoms with van der Waals surface area (Å²) in [6, 6.07) is 0.0351. The van der Waals surface area contributed by atoms with Crippen LogP contribution in [-0.4, -0.2) is 64.8 Å². The number of carboxylic acids is 1. The fourth-order valence-electron chi connectivity index (χ4n) is 2.55. The number of likely N-dealkylation sites (tertiary alicyclic amines) is 1. The van der Waals surface area contributed by atoms with Crippen molar-refractivity contribution in [2.24, 2.45) is 0 Å². The Bertz CT molecular complexity index is 365. The molecule has 1 fully saturated rings. The van der Waals surface area contributed by atoms with Crippen LogP contribution in [0.25, 0.3) is 0 Å². The number of piperidine rings is 1. The lowest BCUT2D eigenvalue weighted by molar-refractivity contribution is -0.138. The molecule has 6 nitrogen and oxygen atoms in total. The van der Waals surface area contributed by atoms with Gasteiger partial charge in [0.15, 0.2) is 0 Å². The van der Waals surface area contributed by atoms with E-state index in [1.165, 1.54) is 0 Å². The van der Waals surface area contributed by atoms with Crippen LogP contribution in [0, 0.1) is 0 Å². The third-order valence-corrected chi connectivity index (χ3v) is 3.53. The van der Waals surface area contributed by atoms with E-state index in [9.17, 15) is 9.59 Å². The van der Waals surface area contributed by atoms with Crippen LogP contribution in [0.5, 0.6) is 0 Å². The van der Waals surface area contributed by atoms with Crippen LogP contribution in [0.1, 0.15) is 47.0 Å². The van der Waals surface area contributed by atoms with Gasteiger partial charge in [0.25, 0.3) is 0 Å². The molecule has 0 aromatic rings. The lowest BCUT2D eigenvalue weighted by atomic mass is 10.0. The zero-order valence-electron chi connectivity index (χ0n) is 13.6. The summed E-state index contributed by atoms with van der Waals surface area (Å²) in [4.78, 5) is 26.8. The summed E-state index contributed by atoms with van der Waals surface area (Å²) < 4.78 is 5.46. The van der Waals surface area contributed by atoms with E-state index in [1.54, 1.807) is 4.90 Å². The Hall–Kier alpha value is -1.30. The zero-order valence-corrected chi connectivity index (χ0v) is 13.6. The number of hydrogen-bond donors (Lipinski definition) is 1. The molecule has 0 aromatic carbocycles. The van der Waals surface area contributed by atoms with E-state index >= 15 is 0 Å². The fourth-order valence-corrected chi connectivity index (χ4v) is 2.55. The summed E-state index contributed by atoms with van der Waals surface area (Å²) >= 11 is 0. The van der Waals surface area contributed by atoms with Gasteiger partial charge in [-0.2, -0.15) is 0 Å². The van der Waals surface area contributed by atoms with Gasteiger partial charge in [0.2, 0.25) is 0 Å². The number of aliphatic carboxylic acids is 1. The van der Waals surface area contributed by atoms with Gasteiger partial charge in [-0.05, 0) is 46.6 Å². The molecule has 1 aliphatic rings. The minimum Gasteiger partial charge on any atom is -0.480 e. The number of carboxylic acid groups (broad SMARTS) is 1. The molecule has 0 radical (unpaired) electrons. The van der Waals surface area contributed by atoms with E-state index in [2.05, 4.69) is 0 Å². The molecule has 0 aliphatic carbocycles. The van der Waals surface area contributed by atoms with Crippen molar-refractivity contribution < 1.29 is 19.4 Å². The van der Waals surface area contributed by atoms with Gasteiger partial charge in [-0.15, -0.1) is 0 Å². The highest BCUT2D eigenvalue weighted by Gasteiger charge is 2.31. The Labute approximate surface area is 127 Å². The molecule has 1 rings (SSSR count). The standard InChI is InChI=1S/C15H28N2O4/c1-5-16(11-13(18)19)10-12-8-6-7-9-17(12)14(20)21-15(2,3)4/h12H,5-11H2,1-4H3,(H,18,19). The maximum Gasteiger partial charge on any atom is 0.410 e. The van der Waals surface area contributed by atoms with Gasteiger partial charge < -0.3 is 14.7 Å². The normalized spacial score (nSPS) is 19.7. The predicted molar refractivity (Wildman–Crippen MR) is 80.3 cm³/mol. The van der Waals surface area contributed by atoms with Crippen LogP contribution < -0.4 is 0 Å². The number of amides is 1. The average Bonchev–Trinajstić information content (AvgIpc) is 2.35. The summed E-state index contributed by atoms with van der Waals surface area (Å²) in [5, 5.41) is 8.93. The molecule has 1 aliphatic heterocycles. The van der Waals surface area contributed by atoms with Crippen molar-refractivity contribution in [2.75, 3.05) is 26.2 Å². The van der Waals surface area contributed by atoms with Gasteiger partial charge in [-0.3, -0.25) is 9.69 Å². The molecule has 0 saturated carbocycles. The number of nitrogens with zero attached hydrogens (tertiary/aromatic N) is 2. The summed E-state index contributed by atoms with van der Waals surface area (Å²) in [6.45, 7) is 9.43. The maximum atomic E-state index is 12.3. The number of carbonyl (C=O) groups is 2. The summed E-state index contributed by atoms with van der Waals surface area (Å²) in [5.41, 5.74) is -0.509. The van der Waals surface area contributed by atoms with E-state index in [-0.39, 0.29) is 18.7 Å². The lowest BCUT2D eigenvalue weighted by Crippen LogP contribution is -2.51. The van der Waals surface area contributed by atoms with Crippen molar-refractivity contribution in [3.63, 3.8) is 0 Å². The molecule has 0 aromatic heterocycles. The highest BCUT2D eigenvalue weighted by atomic mass is 16.6. The zero-order chi connectivity index (χ0) is 16.0. The minimum absolute atomic E-state index is 0.00909. The summed E-state index contributed by atoms with van der Waals surface area (Å²) in [7, 11) is 0. The van der Waals surface area contributed by atoms with Gasteiger partial charge in [0.1, 0.15) is 5.60 Å². The molecule has 0 spiro atoms. The highest BCUT2D eigenvalue weighted by Crippen LogP contribution is 2.21. The molecule has 1 unspecified atom stereocenters. The molecule has 122 valence electrons. The summed E-state index contributed by atoms with van der Waals surface area (Å²) in [5.74, 6) is -0.837. The Morgan fingerprint density at radius 1 is 1.33 bits per heavy atom. The van der Waals surface area contributed by atoms with Gasteiger partial charge in [0, 0.05) is 19.1 Å². The second kappa shape index (κ2) is 7.64. The molecule has 1 saturated heterocycles. The largest absolute Gasteiger partial charge is 0.480 e. The third-order valence-electron chi connectivity index (χ3n) is 3.53. The molecular formula is C15H28N2O4. The molecule has 1 heterocycles. The third kappa shape index (κ3) is 6.33. The lowest BCUT2D eigenvalue weighted by Gasteiger charge is -2.38. The van der Waals surface area contributed by atoms with Crippen molar-refractivity contribution in [1.29, 1.82) is 0 Å². The quantitative estimate of drug-likeness (QED) is 0.842. The van der Waals surface area contributed by atoms with E-state index < -0.39 is 11.6 Å². The number of rotatable bonds is 5. The van der Waals surface area contributed by atoms with Crippen LogP contribution in [-0.2, 0) is 9.53 Å². The van der Waals surface area contributed by atoms with Crippen molar-refractivity contribution in [2.45, 2.75) is 58.6 Å². The van der Waals surface area contributed by atoms with Crippen LogP contribution in [0.3, 0.4) is 0 Å². The average molecular weight is 300 g/mol. The van der Waals surface area contributed by atoms with Crippen molar-refractivity contribution in [3.8, 4) is 0 Å². The van der Waals surface area contributed by atoms with Crippen molar-refractivity contribution >= 4 is 12.1 Å². The van der Waals surface area contributed by atoms with E-state index in [0.29, 0.717) is 19.6 Å². The minimum atomic E-state index is -0.837. The molecule has 21 heavy (non-hydrogen) atoms. The van der Waals surface area contributed by atoms with Gasteiger partial charge >= 0.3 is 12.1 Å². The molecule has 0 bridgehead atoms.